The van der Waals surface area contributed by atoms with Crippen molar-refractivity contribution in [3.8, 4) is 0 Å². The van der Waals surface area contributed by atoms with E-state index in [1.165, 1.54) is 6.08 Å². The van der Waals surface area contributed by atoms with Crippen molar-refractivity contribution in [2.75, 3.05) is 18.1 Å². The van der Waals surface area contributed by atoms with Crippen LogP contribution >= 0.6 is 0 Å². The maximum absolute atomic E-state index is 10.8. The first-order valence-electron chi connectivity index (χ1n) is 3.03. The summed E-state index contributed by atoms with van der Waals surface area (Å²) in [5, 5.41) is 0. The minimum atomic E-state index is -4.40. The lowest BCUT2D eigenvalue weighted by molar-refractivity contribution is 0.284. The number of rotatable bonds is 6. The molecule has 1 N–H and O–H groups in total. The maximum Gasteiger partial charge on any atom is 0.397 e. The second-order valence-corrected chi connectivity index (χ2v) is 4.56. The van der Waals surface area contributed by atoms with Crippen molar-refractivity contribution in [2.45, 2.75) is 0 Å². The lowest BCUT2D eigenvalue weighted by Crippen LogP contribution is -2.12. The lowest BCUT2D eigenvalue weighted by Gasteiger charge is -1.98. The Hall–Kier alpha value is -0.240. The molecule has 0 bridgehead atoms. The largest absolute Gasteiger partial charge is 0.397 e. The molecule has 0 saturated carbocycles. The Bertz CT molecular complexity index is 255. The molecule has 7 heteroatoms. The van der Waals surface area contributed by atoms with E-state index in [1.54, 1.807) is 0 Å². The summed E-state index contributed by atoms with van der Waals surface area (Å²) in [6.07, 6.45) is 1.46. The topological polar surface area (TPSA) is 80.7 Å². The highest BCUT2D eigenvalue weighted by Crippen LogP contribution is 1.89. The third kappa shape index (κ3) is 7.86. The van der Waals surface area contributed by atoms with Crippen LogP contribution in [0.5, 0.6) is 0 Å². The average Bonchev–Trinajstić information content (AvgIpc) is 1.84. The molecule has 12 heavy (non-hydrogen) atoms. The van der Waals surface area contributed by atoms with E-state index in [9.17, 15) is 12.6 Å². The van der Waals surface area contributed by atoms with Crippen molar-refractivity contribution >= 4 is 21.2 Å². The highest BCUT2D eigenvalue weighted by atomic mass is 32.3. The van der Waals surface area contributed by atoms with Crippen LogP contribution in [0.1, 0.15) is 0 Å². The van der Waals surface area contributed by atoms with E-state index < -0.39 is 21.2 Å². The molecule has 0 radical (unpaired) electrons. The fraction of sp³-hybridized carbons (Fsp3) is 0.600. The van der Waals surface area contributed by atoms with Gasteiger partial charge in [-0.3, -0.25) is 8.76 Å². The highest BCUT2D eigenvalue weighted by molar-refractivity contribution is 7.85. The van der Waals surface area contributed by atoms with Gasteiger partial charge < -0.3 is 0 Å². The molecule has 0 aromatic carbocycles. The highest BCUT2D eigenvalue weighted by Gasteiger charge is 2.04. The maximum atomic E-state index is 10.8. The first-order valence-corrected chi connectivity index (χ1v) is 5.88. The molecule has 72 valence electrons. The molecule has 5 nitrogen and oxygen atoms in total. The van der Waals surface area contributed by atoms with Crippen molar-refractivity contribution < 1.29 is 21.4 Å². The fourth-order valence-electron chi connectivity index (χ4n) is 0.447. The first-order chi connectivity index (χ1) is 5.45. The van der Waals surface area contributed by atoms with E-state index in [0.29, 0.717) is 0 Å². The van der Waals surface area contributed by atoms with Gasteiger partial charge in [0, 0.05) is 22.3 Å². The zero-order valence-electron chi connectivity index (χ0n) is 6.30. The fourth-order valence-corrected chi connectivity index (χ4v) is 1.55. The molecule has 0 aromatic rings. The van der Waals surface area contributed by atoms with E-state index in [0.717, 1.165) is 0 Å². The zero-order chi connectivity index (χ0) is 9.61. The van der Waals surface area contributed by atoms with Crippen LogP contribution in [-0.4, -0.2) is 35.3 Å². The molecule has 0 aliphatic rings. The molecular formula is C5H10O5S2. The smallest absolute Gasteiger partial charge is 0.264 e. The van der Waals surface area contributed by atoms with Gasteiger partial charge in [-0.1, -0.05) is 6.08 Å². The Morgan fingerprint density at radius 2 is 2.17 bits per heavy atom. The molecule has 0 rings (SSSR count). The molecule has 1 unspecified atom stereocenters. The van der Waals surface area contributed by atoms with Gasteiger partial charge in [0.1, 0.15) is 0 Å². The van der Waals surface area contributed by atoms with Crippen LogP contribution < -0.4 is 0 Å². The van der Waals surface area contributed by atoms with E-state index in [4.69, 9.17) is 4.55 Å². The van der Waals surface area contributed by atoms with E-state index >= 15 is 0 Å². The summed E-state index contributed by atoms with van der Waals surface area (Å²) in [7, 11) is -5.57. The molecule has 0 spiro atoms. The van der Waals surface area contributed by atoms with Gasteiger partial charge in [0.2, 0.25) is 0 Å². The molecule has 1 atom stereocenters. The molecular weight excluding hydrogens is 204 g/mol. The van der Waals surface area contributed by atoms with Gasteiger partial charge in [0.25, 0.3) is 0 Å². The Morgan fingerprint density at radius 3 is 2.58 bits per heavy atom. The summed E-state index contributed by atoms with van der Waals surface area (Å²) in [4.78, 5) is 0. The van der Waals surface area contributed by atoms with Crippen molar-refractivity contribution in [2.24, 2.45) is 0 Å². The predicted molar refractivity (Wildman–Crippen MR) is 45.6 cm³/mol. The Morgan fingerprint density at radius 1 is 1.58 bits per heavy atom. The van der Waals surface area contributed by atoms with Crippen molar-refractivity contribution in [3.05, 3.63) is 12.7 Å². The van der Waals surface area contributed by atoms with Crippen LogP contribution in [0.15, 0.2) is 12.7 Å². The predicted octanol–water partition coefficient (Wildman–Crippen LogP) is -0.259. The van der Waals surface area contributed by atoms with Crippen LogP contribution in [0.3, 0.4) is 0 Å². The molecule has 0 aromatic heterocycles. The van der Waals surface area contributed by atoms with E-state index in [2.05, 4.69) is 10.8 Å². The number of hydrogen-bond acceptors (Lipinski definition) is 4. The summed E-state index contributed by atoms with van der Waals surface area (Å²) >= 11 is 0. The molecule has 0 saturated heterocycles. The van der Waals surface area contributed by atoms with Gasteiger partial charge in [0.05, 0.1) is 6.61 Å². The third-order valence-corrected chi connectivity index (χ3v) is 2.54. The summed E-state index contributed by atoms with van der Waals surface area (Å²) < 4.78 is 42.8. The second kappa shape index (κ2) is 5.41. The molecule has 0 fully saturated rings. The SMILES string of the molecule is C=CCS(=O)CCOS(=O)(=O)O. The van der Waals surface area contributed by atoms with Crippen LogP contribution in [-0.2, 0) is 25.4 Å². The van der Waals surface area contributed by atoms with Gasteiger partial charge in [-0.05, 0) is 0 Å². The van der Waals surface area contributed by atoms with E-state index in [-0.39, 0.29) is 18.1 Å². The first kappa shape index (κ1) is 11.8. The quantitative estimate of drug-likeness (QED) is 0.486. The molecule has 0 heterocycles. The summed E-state index contributed by atoms with van der Waals surface area (Å²) in [5.41, 5.74) is 0. The lowest BCUT2D eigenvalue weighted by atomic mass is 10.8. The zero-order valence-corrected chi connectivity index (χ0v) is 7.94. The average molecular weight is 214 g/mol. The Balaban J connectivity index is 3.57. The van der Waals surface area contributed by atoms with Gasteiger partial charge in [0.15, 0.2) is 0 Å². The van der Waals surface area contributed by atoms with Gasteiger partial charge in [-0.15, -0.1) is 6.58 Å². The van der Waals surface area contributed by atoms with Crippen LogP contribution in [0.2, 0.25) is 0 Å². The van der Waals surface area contributed by atoms with Gasteiger partial charge >= 0.3 is 10.4 Å². The summed E-state index contributed by atoms with van der Waals surface area (Å²) in [6, 6.07) is 0. The van der Waals surface area contributed by atoms with Crippen LogP contribution in [0.25, 0.3) is 0 Å². The second-order valence-electron chi connectivity index (χ2n) is 1.85. The Labute approximate surface area is 73.8 Å². The van der Waals surface area contributed by atoms with Gasteiger partial charge in [-0.25, -0.2) is 4.18 Å². The van der Waals surface area contributed by atoms with Crippen molar-refractivity contribution in [3.63, 3.8) is 0 Å². The van der Waals surface area contributed by atoms with E-state index in [1.807, 2.05) is 0 Å². The minimum absolute atomic E-state index is 0.0613. The standard InChI is InChI=1S/C5H10O5S2/c1-2-4-11(6)5-3-10-12(7,8)9/h2H,1,3-5H2,(H,7,8,9). The normalized spacial score (nSPS) is 14.1. The van der Waals surface area contributed by atoms with Crippen LogP contribution in [0.4, 0.5) is 0 Å². The monoisotopic (exact) mass is 214 g/mol. The van der Waals surface area contributed by atoms with Crippen molar-refractivity contribution in [1.29, 1.82) is 0 Å². The molecule has 0 aliphatic carbocycles. The van der Waals surface area contributed by atoms with Crippen molar-refractivity contribution in [1.82, 2.24) is 0 Å². The molecule has 0 aliphatic heterocycles. The Kier molecular flexibility index (Phi) is 5.31. The minimum Gasteiger partial charge on any atom is -0.264 e. The number of hydrogen-bond donors (Lipinski definition) is 1. The molecule has 0 amide bonds. The van der Waals surface area contributed by atoms with Crippen LogP contribution in [0, 0.1) is 0 Å². The van der Waals surface area contributed by atoms with Gasteiger partial charge in [-0.2, -0.15) is 8.42 Å². The summed E-state index contributed by atoms with van der Waals surface area (Å²) in [5.74, 6) is 0.348. The summed E-state index contributed by atoms with van der Waals surface area (Å²) in [6.45, 7) is 3.08. The third-order valence-electron chi connectivity index (χ3n) is 0.847.